The summed E-state index contributed by atoms with van der Waals surface area (Å²) < 4.78 is 19.5. The van der Waals surface area contributed by atoms with Crippen molar-refractivity contribution in [3.05, 3.63) is 72.0 Å². The maximum absolute atomic E-state index is 14.0. The Bertz CT molecular complexity index is 662. The van der Waals surface area contributed by atoms with Crippen molar-refractivity contribution < 1.29 is 8.81 Å². The van der Waals surface area contributed by atoms with Gasteiger partial charge in [-0.05, 0) is 12.1 Å². The maximum Gasteiger partial charge on any atom is 0.134 e. The molecule has 0 unspecified atom stereocenters. The van der Waals surface area contributed by atoms with Crippen molar-refractivity contribution >= 4 is 22.9 Å². The number of hydrogen-bond donors (Lipinski definition) is 0. The Labute approximate surface area is 104 Å². The maximum atomic E-state index is 14.0. The summed E-state index contributed by atoms with van der Waals surface area (Å²) in [5.41, 5.74) is 1.32. The van der Waals surface area contributed by atoms with Crippen molar-refractivity contribution in [2.75, 3.05) is 0 Å². The number of fused-ring (bicyclic) bond motifs is 1. The van der Waals surface area contributed by atoms with Crippen LogP contribution < -0.4 is 0 Å². The van der Waals surface area contributed by atoms with E-state index in [4.69, 9.17) is 4.42 Å². The molecule has 0 bridgehead atoms. The van der Waals surface area contributed by atoms with E-state index in [1.807, 2.05) is 36.4 Å². The molecule has 3 rings (SSSR count). The fourth-order valence-corrected chi connectivity index (χ4v) is 1.88. The molecule has 0 aliphatic heterocycles. The molecule has 2 aromatic carbocycles. The largest absolute Gasteiger partial charge is 0.457 e. The Hall–Kier alpha value is -2.35. The van der Waals surface area contributed by atoms with Gasteiger partial charge in [0.2, 0.25) is 0 Å². The van der Waals surface area contributed by atoms with Crippen LogP contribution in [0.15, 0.2) is 65.1 Å². The normalized spacial score (nSPS) is 11.9. The number of furan rings is 1. The van der Waals surface area contributed by atoms with Gasteiger partial charge < -0.3 is 4.42 Å². The third-order valence-corrected chi connectivity index (χ3v) is 2.76. The van der Waals surface area contributed by atoms with Crippen LogP contribution in [0, 0.1) is 0 Å². The van der Waals surface area contributed by atoms with E-state index in [9.17, 15) is 4.39 Å². The highest BCUT2D eigenvalue weighted by atomic mass is 19.1. The lowest BCUT2D eigenvalue weighted by molar-refractivity contribution is 0.603. The third kappa shape index (κ3) is 2.05. The first-order valence-electron chi connectivity index (χ1n) is 5.74. The average Bonchev–Trinajstić information content (AvgIpc) is 2.82. The summed E-state index contributed by atoms with van der Waals surface area (Å²) in [5, 5.41) is 0.976. The first-order chi connectivity index (χ1) is 8.83. The Kier molecular flexibility index (Phi) is 2.69. The summed E-state index contributed by atoms with van der Waals surface area (Å²) in [6.07, 6.45) is 1.41. The van der Waals surface area contributed by atoms with Gasteiger partial charge in [-0.3, -0.25) is 0 Å². The molecule has 0 radical (unpaired) electrons. The van der Waals surface area contributed by atoms with E-state index in [2.05, 4.69) is 0 Å². The van der Waals surface area contributed by atoms with E-state index in [-0.39, 0.29) is 5.83 Å². The second kappa shape index (κ2) is 4.49. The van der Waals surface area contributed by atoms with Gasteiger partial charge in [-0.25, -0.2) is 4.39 Å². The number of hydrogen-bond acceptors (Lipinski definition) is 1. The van der Waals surface area contributed by atoms with Gasteiger partial charge in [-0.15, -0.1) is 0 Å². The smallest absolute Gasteiger partial charge is 0.134 e. The molecule has 2 heteroatoms. The Morgan fingerprint density at radius 1 is 0.944 bits per heavy atom. The van der Waals surface area contributed by atoms with Crippen LogP contribution in [0.5, 0.6) is 0 Å². The molecule has 0 aliphatic carbocycles. The van der Waals surface area contributed by atoms with Gasteiger partial charge in [-0.1, -0.05) is 48.5 Å². The molecule has 3 aromatic rings. The van der Waals surface area contributed by atoms with Crippen molar-refractivity contribution in [2.45, 2.75) is 0 Å². The molecule has 0 spiro atoms. The average molecular weight is 238 g/mol. The van der Waals surface area contributed by atoms with Gasteiger partial charge in [0.1, 0.15) is 17.2 Å². The van der Waals surface area contributed by atoms with Gasteiger partial charge >= 0.3 is 0 Å². The monoisotopic (exact) mass is 238 g/mol. The Morgan fingerprint density at radius 2 is 1.67 bits per heavy atom. The van der Waals surface area contributed by atoms with Crippen molar-refractivity contribution in [1.29, 1.82) is 0 Å². The molecule has 18 heavy (non-hydrogen) atoms. The van der Waals surface area contributed by atoms with Gasteiger partial charge in [0, 0.05) is 17.0 Å². The van der Waals surface area contributed by atoms with Crippen LogP contribution in [0.25, 0.3) is 22.9 Å². The third-order valence-electron chi connectivity index (χ3n) is 2.76. The molecule has 0 N–H and O–H groups in total. The Morgan fingerprint density at radius 3 is 2.44 bits per heavy atom. The second-order valence-corrected chi connectivity index (χ2v) is 4.04. The van der Waals surface area contributed by atoms with Crippen LogP contribution in [-0.4, -0.2) is 0 Å². The van der Waals surface area contributed by atoms with Crippen LogP contribution in [0.2, 0.25) is 0 Å². The fourth-order valence-electron chi connectivity index (χ4n) is 1.88. The Balaban J connectivity index is 2.00. The summed E-state index contributed by atoms with van der Waals surface area (Å²) in [6, 6.07) is 18.4. The highest BCUT2D eigenvalue weighted by Crippen LogP contribution is 2.24. The molecular weight excluding hydrogens is 227 g/mol. The quantitative estimate of drug-likeness (QED) is 0.618. The molecule has 88 valence electrons. The molecule has 0 amide bonds. The summed E-state index contributed by atoms with van der Waals surface area (Å²) >= 11 is 0. The lowest BCUT2D eigenvalue weighted by atomic mass is 10.2. The minimum atomic E-state index is -0.297. The van der Waals surface area contributed by atoms with E-state index in [1.165, 1.54) is 6.08 Å². The molecule has 1 heterocycles. The topological polar surface area (TPSA) is 13.1 Å². The van der Waals surface area contributed by atoms with Crippen molar-refractivity contribution in [3.8, 4) is 0 Å². The van der Waals surface area contributed by atoms with Crippen LogP contribution in [0.4, 0.5) is 4.39 Å². The van der Waals surface area contributed by atoms with Crippen LogP contribution in [-0.2, 0) is 0 Å². The van der Waals surface area contributed by atoms with Gasteiger partial charge in [0.25, 0.3) is 0 Å². The highest BCUT2D eigenvalue weighted by molar-refractivity contribution is 5.83. The zero-order chi connectivity index (χ0) is 12.4. The SMILES string of the molecule is F/C(=C\c1cc2ccccc2o1)c1ccccc1. The zero-order valence-corrected chi connectivity index (χ0v) is 9.64. The number of benzene rings is 2. The van der Waals surface area contributed by atoms with E-state index < -0.39 is 0 Å². The van der Waals surface area contributed by atoms with Crippen molar-refractivity contribution in [2.24, 2.45) is 0 Å². The lowest BCUT2D eigenvalue weighted by Crippen LogP contribution is -1.75. The van der Waals surface area contributed by atoms with E-state index in [0.29, 0.717) is 11.3 Å². The van der Waals surface area contributed by atoms with Crippen LogP contribution in [0.1, 0.15) is 11.3 Å². The van der Waals surface area contributed by atoms with Crippen LogP contribution in [0.3, 0.4) is 0 Å². The molecule has 0 saturated heterocycles. The highest BCUT2D eigenvalue weighted by Gasteiger charge is 2.04. The standard InChI is InChI=1S/C16H11FO/c17-15(12-6-2-1-3-7-12)11-14-10-13-8-4-5-9-16(13)18-14/h1-11H/b15-11-. The van der Waals surface area contributed by atoms with Crippen LogP contribution >= 0.6 is 0 Å². The number of halogens is 1. The summed E-state index contributed by atoms with van der Waals surface area (Å²) in [6.45, 7) is 0. The van der Waals surface area contributed by atoms with E-state index in [1.54, 1.807) is 24.3 Å². The predicted molar refractivity (Wildman–Crippen MR) is 71.6 cm³/mol. The first-order valence-corrected chi connectivity index (χ1v) is 5.74. The molecule has 0 atom stereocenters. The van der Waals surface area contributed by atoms with Crippen molar-refractivity contribution in [3.63, 3.8) is 0 Å². The molecule has 1 aromatic heterocycles. The summed E-state index contributed by atoms with van der Waals surface area (Å²) in [5.74, 6) is 0.229. The van der Waals surface area contributed by atoms with Gasteiger partial charge in [0.05, 0.1) is 0 Å². The summed E-state index contributed by atoms with van der Waals surface area (Å²) in [7, 11) is 0. The molecule has 0 aliphatic rings. The van der Waals surface area contributed by atoms with Crippen molar-refractivity contribution in [1.82, 2.24) is 0 Å². The van der Waals surface area contributed by atoms with E-state index >= 15 is 0 Å². The molecule has 0 fully saturated rings. The number of rotatable bonds is 2. The molecule has 0 saturated carbocycles. The second-order valence-electron chi connectivity index (χ2n) is 4.04. The molecular formula is C16H11FO. The lowest BCUT2D eigenvalue weighted by Gasteiger charge is -1.95. The van der Waals surface area contributed by atoms with E-state index in [0.717, 1.165) is 11.0 Å². The van der Waals surface area contributed by atoms with Gasteiger partial charge in [-0.2, -0.15) is 0 Å². The first kappa shape index (κ1) is 10.8. The van der Waals surface area contributed by atoms with Gasteiger partial charge in [0.15, 0.2) is 0 Å². The predicted octanol–water partition coefficient (Wildman–Crippen LogP) is 4.90. The molecule has 1 nitrogen and oxygen atoms in total. The zero-order valence-electron chi connectivity index (χ0n) is 9.64. The fraction of sp³-hybridized carbons (Fsp3) is 0. The minimum absolute atomic E-state index is 0.297. The minimum Gasteiger partial charge on any atom is -0.457 e. The number of para-hydroxylation sites is 1. The summed E-state index contributed by atoms with van der Waals surface area (Å²) in [4.78, 5) is 0.